The number of nitro benzene ring substituents is 1. The first-order chi connectivity index (χ1) is 9.16. The van der Waals surface area contributed by atoms with Crippen molar-refractivity contribution in [2.75, 3.05) is 5.43 Å². The maximum atomic E-state index is 10.8. The van der Waals surface area contributed by atoms with E-state index in [9.17, 15) is 10.1 Å². The van der Waals surface area contributed by atoms with Gasteiger partial charge in [-0.3, -0.25) is 15.5 Å². The van der Waals surface area contributed by atoms with Gasteiger partial charge < -0.3 is 0 Å². The minimum absolute atomic E-state index is 0.0131. The van der Waals surface area contributed by atoms with E-state index in [1.807, 2.05) is 0 Å². The average molecular weight is 276 g/mol. The summed E-state index contributed by atoms with van der Waals surface area (Å²) in [6.07, 6.45) is 1.40. The van der Waals surface area contributed by atoms with E-state index < -0.39 is 4.92 Å². The van der Waals surface area contributed by atoms with Gasteiger partial charge in [0.2, 0.25) is 0 Å². The molecule has 0 spiro atoms. The number of halogens is 1. The van der Waals surface area contributed by atoms with Gasteiger partial charge in [-0.2, -0.15) is 5.10 Å². The summed E-state index contributed by atoms with van der Waals surface area (Å²) in [6, 6.07) is 13.4. The number of anilines is 1. The monoisotopic (exact) mass is 275 g/mol. The van der Waals surface area contributed by atoms with E-state index in [0.29, 0.717) is 16.3 Å². The molecule has 5 nitrogen and oxygen atoms in total. The van der Waals surface area contributed by atoms with Crippen LogP contribution in [0, 0.1) is 10.1 Å². The van der Waals surface area contributed by atoms with Crippen molar-refractivity contribution in [3.05, 3.63) is 69.2 Å². The van der Waals surface area contributed by atoms with Crippen LogP contribution in [0.3, 0.4) is 0 Å². The van der Waals surface area contributed by atoms with Gasteiger partial charge in [0.05, 0.1) is 22.4 Å². The second-order valence-electron chi connectivity index (χ2n) is 3.70. The Balaban J connectivity index is 2.13. The van der Waals surface area contributed by atoms with Crippen molar-refractivity contribution < 1.29 is 4.92 Å². The van der Waals surface area contributed by atoms with Crippen LogP contribution in [0.1, 0.15) is 5.56 Å². The van der Waals surface area contributed by atoms with Crippen LogP contribution in [0.4, 0.5) is 11.4 Å². The molecule has 2 rings (SSSR count). The van der Waals surface area contributed by atoms with Crippen molar-refractivity contribution in [3.63, 3.8) is 0 Å². The molecule has 0 aliphatic heterocycles. The topological polar surface area (TPSA) is 67.5 Å². The van der Waals surface area contributed by atoms with Crippen LogP contribution >= 0.6 is 11.6 Å². The molecule has 0 atom stereocenters. The van der Waals surface area contributed by atoms with Gasteiger partial charge in [0.25, 0.3) is 5.69 Å². The van der Waals surface area contributed by atoms with Crippen LogP contribution in [0.5, 0.6) is 0 Å². The van der Waals surface area contributed by atoms with Crippen molar-refractivity contribution >= 4 is 29.2 Å². The third kappa shape index (κ3) is 3.53. The number of nitro groups is 1. The maximum absolute atomic E-state index is 10.8. The molecule has 0 aliphatic carbocycles. The lowest BCUT2D eigenvalue weighted by Gasteiger charge is -2.00. The number of hydrogen-bond donors (Lipinski definition) is 1. The Kier molecular flexibility index (Phi) is 4.10. The molecule has 0 heterocycles. The molecule has 1 N–H and O–H groups in total. The Labute approximate surface area is 114 Å². The molecule has 0 unspecified atom stereocenters. The number of para-hydroxylation sites is 1. The zero-order valence-electron chi connectivity index (χ0n) is 9.79. The molecule has 19 heavy (non-hydrogen) atoms. The first-order valence-electron chi connectivity index (χ1n) is 5.45. The van der Waals surface area contributed by atoms with Crippen LogP contribution in [0.15, 0.2) is 53.6 Å². The Morgan fingerprint density at radius 2 is 2.00 bits per heavy atom. The Bertz CT molecular complexity index is 629. The fourth-order valence-electron chi connectivity index (χ4n) is 1.50. The summed E-state index contributed by atoms with van der Waals surface area (Å²) in [6.45, 7) is 0. The lowest BCUT2D eigenvalue weighted by Crippen LogP contribution is -1.96. The predicted molar refractivity (Wildman–Crippen MR) is 75.8 cm³/mol. The van der Waals surface area contributed by atoms with Gasteiger partial charge in [-0.1, -0.05) is 29.8 Å². The van der Waals surface area contributed by atoms with Crippen molar-refractivity contribution in [3.8, 4) is 0 Å². The highest BCUT2D eigenvalue weighted by Crippen LogP contribution is 2.16. The third-order valence-electron chi connectivity index (χ3n) is 2.36. The highest BCUT2D eigenvalue weighted by Gasteiger charge is 2.09. The van der Waals surface area contributed by atoms with Crippen LogP contribution in [0.2, 0.25) is 5.02 Å². The van der Waals surface area contributed by atoms with E-state index in [1.165, 1.54) is 12.3 Å². The molecule has 2 aromatic rings. The second-order valence-corrected chi connectivity index (χ2v) is 4.13. The molecule has 0 saturated carbocycles. The van der Waals surface area contributed by atoms with Gasteiger partial charge in [0.15, 0.2) is 0 Å². The SMILES string of the molecule is O=[N+]([O-])c1ccccc1C=NNc1cccc(Cl)c1. The van der Waals surface area contributed by atoms with Crippen LogP contribution in [-0.4, -0.2) is 11.1 Å². The minimum atomic E-state index is -0.444. The predicted octanol–water partition coefficient (Wildman–Crippen LogP) is 3.69. The van der Waals surface area contributed by atoms with E-state index in [4.69, 9.17) is 11.6 Å². The first kappa shape index (κ1) is 13.0. The van der Waals surface area contributed by atoms with E-state index in [1.54, 1.807) is 42.5 Å². The zero-order valence-corrected chi connectivity index (χ0v) is 10.5. The van der Waals surface area contributed by atoms with Gasteiger partial charge in [0, 0.05) is 11.1 Å². The van der Waals surface area contributed by atoms with Gasteiger partial charge >= 0.3 is 0 Å². The first-order valence-corrected chi connectivity index (χ1v) is 5.82. The molecule has 0 aliphatic rings. The van der Waals surface area contributed by atoms with Crippen molar-refractivity contribution in [1.29, 1.82) is 0 Å². The highest BCUT2D eigenvalue weighted by molar-refractivity contribution is 6.30. The standard InChI is InChI=1S/C13H10ClN3O2/c14-11-5-3-6-12(8-11)16-15-9-10-4-1-2-7-13(10)17(18)19/h1-9,16H. The molecule has 96 valence electrons. The van der Waals surface area contributed by atoms with Crippen LogP contribution in [-0.2, 0) is 0 Å². The van der Waals surface area contributed by atoms with E-state index in [-0.39, 0.29) is 5.69 Å². The van der Waals surface area contributed by atoms with E-state index >= 15 is 0 Å². The fraction of sp³-hybridized carbons (Fsp3) is 0. The zero-order chi connectivity index (χ0) is 13.7. The molecule has 0 fully saturated rings. The van der Waals surface area contributed by atoms with Crippen LogP contribution < -0.4 is 5.43 Å². The molecule has 0 bridgehead atoms. The summed E-state index contributed by atoms with van der Waals surface area (Å²) >= 11 is 5.83. The maximum Gasteiger partial charge on any atom is 0.278 e. The van der Waals surface area contributed by atoms with Crippen LogP contribution in [0.25, 0.3) is 0 Å². The molecular weight excluding hydrogens is 266 g/mol. The molecule has 0 amide bonds. The molecule has 2 aromatic carbocycles. The smallest absolute Gasteiger partial charge is 0.278 e. The normalized spacial score (nSPS) is 10.6. The number of nitrogens with zero attached hydrogens (tertiary/aromatic N) is 2. The Hall–Kier alpha value is -2.40. The Morgan fingerprint density at radius 1 is 1.21 bits per heavy atom. The number of benzene rings is 2. The molecule has 0 saturated heterocycles. The number of nitrogens with one attached hydrogen (secondary N) is 1. The van der Waals surface area contributed by atoms with Gasteiger partial charge in [0.1, 0.15) is 0 Å². The highest BCUT2D eigenvalue weighted by atomic mass is 35.5. The number of hydrazone groups is 1. The molecular formula is C13H10ClN3O2. The summed E-state index contributed by atoms with van der Waals surface area (Å²) < 4.78 is 0. The lowest BCUT2D eigenvalue weighted by molar-refractivity contribution is -0.385. The lowest BCUT2D eigenvalue weighted by atomic mass is 10.2. The van der Waals surface area contributed by atoms with Crippen molar-refractivity contribution in [1.82, 2.24) is 0 Å². The van der Waals surface area contributed by atoms with Crippen molar-refractivity contribution in [2.24, 2.45) is 5.10 Å². The third-order valence-corrected chi connectivity index (χ3v) is 2.59. The number of hydrogen-bond acceptors (Lipinski definition) is 4. The number of rotatable bonds is 4. The van der Waals surface area contributed by atoms with Gasteiger partial charge in [-0.25, -0.2) is 0 Å². The second kappa shape index (κ2) is 5.97. The van der Waals surface area contributed by atoms with E-state index in [2.05, 4.69) is 10.5 Å². The van der Waals surface area contributed by atoms with Gasteiger partial charge in [-0.15, -0.1) is 0 Å². The fourth-order valence-corrected chi connectivity index (χ4v) is 1.69. The quantitative estimate of drug-likeness (QED) is 0.525. The summed E-state index contributed by atoms with van der Waals surface area (Å²) in [5.41, 5.74) is 3.92. The Morgan fingerprint density at radius 3 is 2.74 bits per heavy atom. The molecule has 0 radical (unpaired) electrons. The largest absolute Gasteiger partial charge is 0.278 e. The van der Waals surface area contributed by atoms with E-state index in [0.717, 1.165) is 0 Å². The van der Waals surface area contributed by atoms with Gasteiger partial charge in [-0.05, 0) is 24.3 Å². The molecule has 0 aromatic heterocycles. The summed E-state index contributed by atoms with van der Waals surface area (Å²) in [7, 11) is 0. The summed E-state index contributed by atoms with van der Waals surface area (Å²) in [5, 5.41) is 15.4. The van der Waals surface area contributed by atoms with Crippen molar-refractivity contribution in [2.45, 2.75) is 0 Å². The minimum Gasteiger partial charge on any atom is -0.278 e. The summed E-state index contributed by atoms with van der Waals surface area (Å²) in [4.78, 5) is 10.4. The molecule has 6 heteroatoms. The average Bonchev–Trinajstić information content (AvgIpc) is 2.39. The summed E-state index contributed by atoms with van der Waals surface area (Å²) in [5.74, 6) is 0.